The first-order valence-corrected chi connectivity index (χ1v) is 5.82. The fourth-order valence-corrected chi connectivity index (χ4v) is 2.47. The van der Waals surface area contributed by atoms with Gasteiger partial charge in [-0.05, 0) is 30.9 Å². The maximum Gasteiger partial charge on any atom is 0.150 e. The predicted molar refractivity (Wildman–Crippen MR) is 60.8 cm³/mol. The molecule has 0 radical (unpaired) electrons. The smallest absolute Gasteiger partial charge is 0.150 e. The molecule has 0 fully saturated rings. The van der Waals surface area contributed by atoms with Crippen LogP contribution in [0.4, 0.5) is 0 Å². The van der Waals surface area contributed by atoms with Crippen molar-refractivity contribution in [2.45, 2.75) is 26.4 Å². The van der Waals surface area contributed by atoms with E-state index < -0.39 is 0 Å². The van der Waals surface area contributed by atoms with Gasteiger partial charge in [-0.1, -0.05) is 5.16 Å². The molecular formula is C11H14N2OS. The van der Waals surface area contributed by atoms with Gasteiger partial charge < -0.3 is 9.84 Å². The van der Waals surface area contributed by atoms with Gasteiger partial charge >= 0.3 is 0 Å². The zero-order valence-electron chi connectivity index (χ0n) is 8.86. The summed E-state index contributed by atoms with van der Waals surface area (Å²) in [7, 11) is 0. The summed E-state index contributed by atoms with van der Waals surface area (Å²) in [5, 5.41) is 9.20. The van der Waals surface area contributed by atoms with Gasteiger partial charge in [0.05, 0.1) is 12.7 Å². The molecule has 1 unspecified atom stereocenters. The summed E-state index contributed by atoms with van der Waals surface area (Å²) in [6.45, 7) is 5.02. The second-order valence-corrected chi connectivity index (χ2v) is 4.50. The monoisotopic (exact) mass is 222 g/mol. The van der Waals surface area contributed by atoms with Gasteiger partial charge in [0.1, 0.15) is 5.76 Å². The fraction of sp³-hybridized carbons (Fsp3) is 0.364. The van der Waals surface area contributed by atoms with Crippen molar-refractivity contribution in [2.24, 2.45) is 0 Å². The molecule has 2 aromatic rings. The van der Waals surface area contributed by atoms with Crippen LogP contribution in [-0.4, -0.2) is 5.16 Å². The van der Waals surface area contributed by atoms with E-state index >= 15 is 0 Å². The second-order valence-electron chi connectivity index (χ2n) is 3.55. The quantitative estimate of drug-likeness (QED) is 0.864. The molecule has 0 spiro atoms. The third kappa shape index (κ3) is 2.46. The van der Waals surface area contributed by atoms with Crippen LogP contribution in [0, 0.1) is 6.92 Å². The minimum Gasteiger partial charge on any atom is -0.360 e. The molecule has 1 N–H and O–H groups in total. The maximum absolute atomic E-state index is 5.02. The molecule has 3 nitrogen and oxygen atoms in total. The summed E-state index contributed by atoms with van der Waals surface area (Å²) >= 11 is 1.79. The minimum absolute atomic E-state index is 0.357. The summed E-state index contributed by atoms with van der Waals surface area (Å²) < 4.78 is 5.02. The van der Waals surface area contributed by atoms with E-state index in [4.69, 9.17) is 4.52 Å². The van der Waals surface area contributed by atoms with Gasteiger partial charge in [0, 0.05) is 17.0 Å². The van der Waals surface area contributed by atoms with E-state index in [1.165, 1.54) is 10.4 Å². The van der Waals surface area contributed by atoms with Gasteiger partial charge in [0.25, 0.3) is 0 Å². The molecule has 0 amide bonds. The lowest BCUT2D eigenvalue weighted by atomic mass is 10.2. The van der Waals surface area contributed by atoms with Crippen LogP contribution in [0.15, 0.2) is 28.2 Å². The number of rotatable bonds is 4. The molecule has 0 aliphatic heterocycles. The van der Waals surface area contributed by atoms with Gasteiger partial charge in [0.2, 0.25) is 0 Å². The molecular weight excluding hydrogens is 208 g/mol. The molecule has 0 aliphatic rings. The molecule has 2 aromatic heterocycles. The Labute approximate surface area is 93.1 Å². The molecule has 0 saturated heterocycles. The molecule has 0 bridgehead atoms. The lowest BCUT2D eigenvalue weighted by Gasteiger charge is -2.11. The van der Waals surface area contributed by atoms with Crippen molar-refractivity contribution in [1.82, 2.24) is 10.5 Å². The van der Waals surface area contributed by atoms with Crippen molar-refractivity contribution in [3.8, 4) is 0 Å². The van der Waals surface area contributed by atoms with Crippen LogP contribution < -0.4 is 5.32 Å². The molecule has 2 rings (SSSR count). The van der Waals surface area contributed by atoms with E-state index in [1.807, 2.05) is 6.07 Å². The number of nitrogens with zero attached hydrogens (tertiary/aromatic N) is 1. The summed E-state index contributed by atoms with van der Waals surface area (Å²) in [5.74, 6) is 0.871. The molecule has 1 atom stereocenters. The first-order chi connectivity index (χ1) is 7.27. The first-order valence-electron chi connectivity index (χ1n) is 4.94. The molecule has 0 saturated carbocycles. The highest BCUT2D eigenvalue weighted by Gasteiger charge is 2.09. The van der Waals surface area contributed by atoms with E-state index in [0.717, 1.165) is 12.3 Å². The molecule has 15 heavy (non-hydrogen) atoms. The Balaban J connectivity index is 1.93. The fourth-order valence-electron chi connectivity index (χ4n) is 1.51. The van der Waals surface area contributed by atoms with Crippen molar-refractivity contribution in [3.63, 3.8) is 0 Å². The van der Waals surface area contributed by atoms with E-state index in [2.05, 4.69) is 35.8 Å². The topological polar surface area (TPSA) is 38.1 Å². The lowest BCUT2D eigenvalue weighted by Crippen LogP contribution is -2.17. The maximum atomic E-state index is 5.02. The van der Waals surface area contributed by atoms with Crippen LogP contribution in [0.5, 0.6) is 0 Å². The second kappa shape index (κ2) is 4.59. The Hall–Kier alpha value is -1.13. The Bertz CT molecular complexity index is 408. The Kier molecular flexibility index (Phi) is 3.18. The molecule has 80 valence electrons. The predicted octanol–water partition coefficient (Wildman–Crippen LogP) is 2.90. The van der Waals surface area contributed by atoms with Crippen LogP contribution in [0.2, 0.25) is 0 Å². The standard InChI is InChI=1S/C11H14N2OS/c1-8-4-6-15-11(8)9(2)12-7-10-3-5-13-14-10/h3-6,9,12H,7H2,1-2H3. The van der Waals surface area contributed by atoms with Crippen LogP contribution in [0.1, 0.15) is 29.2 Å². The zero-order chi connectivity index (χ0) is 10.7. The van der Waals surface area contributed by atoms with Gasteiger partial charge in [0.15, 0.2) is 0 Å². The van der Waals surface area contributed by atoms with E-state index in [0.29, 0.717) is 6.04 Å². The van der Waals surface area contributed by atoms with Gasteiger partial charge in [-0.2, -0.15) is 0 Å². The molecule has 2 heterocycles. The van der Waals surface area contributed by atoms with Crippen LogP contribution in [-0.2, 0) is 6.54 Å². The highest BCUT2D eigenvalue weighted by molar-refractivity contribution is 7.10. The van der Waals surface area contributed by atoms with Crippen LogP contribution in [0.3, 0.4) is 0 Å². The number of aryl methyl sites for hydroxylation is 1. The van der Waals surface area contributed by atoms with E-state index in [-0.39, 0.29) is 0 Å². The van der Waals surface area contributed by atoms with Gasteiger partial charge in [-0.25, -0.2) is 0 Å². The van der Waals surface area contributed by atoms with E-state index in [9.17, 15) is 0 Å². The highest BCUT2D eigenvalue weighted by Crippen LogP contribution is 2.23. The Morgan fingerprint density at radius 3 is 3.00 bits per heavy atom. The van der Waals surface area contributed by atoms with E-state index in [1.54, 1.807) is 17.5 Å². The summed E-state index contributed by atoms with van der Waals surface area (Å²) in [6.07, 6.45) is 1.66. The highest BCUT2D eigenvalue weighted by atomic mass is 32.1. The minimum atomic E-state index is 0.357. The summed E-state index contributed by atoms with van der Waals surface area (Å²) in [4.78, 5) is 1.38. The largest absolute Gasteiger partial charge is 0.360 e. The van der Waals surface area contributed by atoms with Gasteiger partial charge in [-0.3, -0.25) is 0 Å². The van der Waals surface area contributed by atoms with Crippen molar-refractivity contribution in [2.75, 3.05) is 0 Å². The Morgan fingerprint density at radius 1 is 1.53 bits per heavy atom. The molecule has 4 heteroatoms. The van der Waals surface area contributed by atoms with Crippen molar-refractivity contribution < 1.29 is 4.52 Å². The number of aromatic nitrogens is 1. The Morgan fingerprint density at radius 2 is 2.40 bits per heavy atom. The third-order valence-corrected chi connectivity index (χ3v) is 3.57. The number of hydrogen-bond donors (Lipinski definition) is 1. The number of hydrogen-bond acceptors (Lipinski definition) is 4. The molecule has 0 aromatic carbocycles. The molecule has 0 aliphatic carbocycles. The van der Waals surface area contributed by atoms with Gasteiger partial charge in [-0.15, -0.1) is 11.3 Å². The average Bonchev–Trinajstić information content (AvgIpc) is 2.84. The normalized spacial score (nSPS) is 12.9. The van der Waals surface area contributed by atoms with Crippen molar-refractivity contribution in [3.05, 3.63) is 39.9 Å². The van der Waals surface area contributed by atoms with Crippen LogP contribution in [0.25, 0.3) is 0 Å². The number of nitrogens with one attached hydrogen (secondary N) is 1. The third-order valence-electron chi connectivity index (χ3n) is 2.37. The summed E-state index contributed by atoms with van der Waals surface area (Å²) in [5.41, 5.74) is 1.34. The first kappa shape index (κ1) is 10.4. The van der Waals surface area contributed by atoms with Crippen molar-refractivity contribution in [1.29, 1.82) is 0 Å². The number of thiophene rings is 1. The zero-order valence-corrected chi connectivity index (χ0v) is 9.67. The SMILES string of the molecule is Cc1ccsc1C(C)NCc1ccno1. The average molecular weight is 222 g/mol. The van der Waals surface area contributed by atoms with Crippen LogP contribution >= 0.6 is 11.3 Å². The lowest BCUT2D eigenvalue weighted by molar-refractivity contribution is 0.366. The summed E-state index contributed by atoms with van der Waals surface area (Å²) in [6, 6.07) is 4.38. The van der Waals surface area contributed by atoms with Crippen molar-refractivity contribution >= 4 is 11.3 Å².